The van der Waals surface area contributed by atoms with Gasteiger partial charge in [-0.2, -0.15) is 0 Å². The van der Waals surface area contributed by atoms with Crippen molar-refractivity contribution in [3.8, 4) is 5.75 Å². The Bertz CT molecular complexity index is 347. The summed E-state index contributed by atoms with van der Waals surface area (Å²) in [6.07, 6.45) is 0.855. The molecule has 3 heteroatoms. The van der Waals surface area contributed by atoms with Crippen molar-refractivity contribution in [3.63, 3.8) is 0 Å². The van der Waals surface area contributed by atoms with Crippen LogP contribution in [-0.2, 0) is 11.2 Å². The first-order valence-corrected chi connectivity index (χ1v) is 5.48. The number of carbonyl (C=O) groups excluding carboxylic acids is 1. The standard InChI is InChI=1S/C13H18O3/c1-10(15)9-11(2)16-13-6-4-3-5-12(13)7-8-14/h3-6,11,14H,7-9H2,1-2H3. The Hall–Kier alpha value is -1.35. The first-order valence-electron chi connectivity index (χ1n) is 5.48. The zero-order valence-electron chi connectivity index (χ0n) is 9.77. The van der Waals surface area contributed by atoms with Crippen LogP contribution in [0.15, 0.2) is 24.3 Å². The quantitative estimate of drug-likeness (QED) is 0.800. The molecule has 16 heavy (non-hydrogen) atoms. The molecule has 0 aromatic heterocycles. The molecule has 0 radical (unpaired) electrons. The van der Waals surface area contributed by atoms with Crippen LogP contribution in [0, 0.1) is 0 Å². The Morgan fingerprint density at radius 1 is 1.44 bits per heavy atom. The van der Waals surface area contributed by atoms with E-state index in [1.807, 2.05) is 31.2 Å². The number of hydrogen-bond donors (Lipinski definition) is 1. The van der Waals surface area contributed by atoms with Crippen LogP contribution in [-0.4, -0.2) is 23.6 Å². The van der Waals surface area contributed by atoms with Gasteiger partial charge in [-0.15, -0.1) is 0 Å². The second-order valence-electron chi connectivity index (χ2n) is 3.92. The number of ether oxygens (including phenoxy) is 1. The fraction of sp³-hybridized carbons (Fsp3) is 0.462. The molecule has 0 aliphatic heterocycles. The molecule has 0 saturated heterocycles. The van der Waals surface area contributed by atoms with Crippen LogP contribution in [0.4, 0.5) is 0 Å². The first kappa shape index (κ1) is 12.7. The number of aliphatic hydroxyl groups is 1. The van der Waals surface area contributed by atoms with Gasteiger partial charge in [0.1, 0.15) is 17.6 Å². The van der Waals surface area contributed by atoms with Crippen molar-refractivity contribution >= 4 is 5.78 Å². The summed E-state index contributed by atoms with van der Waals surface area (Å²) in [5.41, 5.74) is 0.973. The number of aliphatic hydroxyl groups excluding tert-OH is 1. The van der Waals surface area contributed by atoms with Gasteiger partial charge < -0.3 is 9.84 Å². The lowest BCUT2D eigenvalue weighted by molar-refractivity contribution is -0.118. The van der Waals surface area contributed by atoms with Crippen LogP contribution in [0.1, 0.15) is 25.8 Å². The smallest absolute Gasteiger partial charge is 0.133 e. The Morgan fingerprint density at radius 3 is 2.75 bits per heavy atom. The topological polar surface area (TPSA) is 46.5 Å². The van der Waals surface area contributed by atoms with Crippen LogP contribution in [0.2, 0.25) is 0 Å². The SMILES string of the molecule is CC(=O)CC(C)Oc1ccccc1CCO. The van der Waals surface area contributed by atoms with Gasteiger partial charge in [0, 0.05) is 13.0 Å². The van der Waals surface area contributed by atoms with Crippen molar-refractivity contribution in [1.29, 1.82) is 0 Å². The first-order chi connectivity index (χ1) is 7.63. The molecule has 0 aliphatic rings. The maximum Gasteiger partial charge on any atom is 0.133 e. The molecule has 0 aliphatic carbocycles. The van der Waals surface area contributed by atoms with Crippen molar-refractivity contribution in [1.82, 2.24) is 0 Å². The molecule has 1 aromatic carbocycles. The number of rotatable bonds is 6. The number of carbonyl (C=O) groups is 1. The van der Waals surface area contributed by atoms with E-state index in [1.54, 1.807) is 6.92 Å². The number of ketones is 1. The van der Waals surface area contributed by atoms with Crippen molar-refractivity contribution < 1.29 is 14.6 Å². The molecular formula is C13H18O3. The molecular weight excluding hydrogens is 204 g/mol. The average Bonchev–Trinajstić information content (AvgIpc) is 2.20. The molecule has 1 unspecified atom stereocenters. The minimum Gasteiger partial charge on any atom is -0.490 e. The van der Waals surface area contributed by atoms with Crippen molar-refractivity contribution in [2.45, 2.75) is 32.8 Å². The molecule has 0 amide bonds. The third-order valence-electron chi connectivity index (χ3n) is 2.26. The maximum atomic E-state index is 10.9. The zero-order chi connectivity index (χ0) is 12.0. The van der Waals surface area contributed by atoms with E-state index in [4.69, 9.17) is 9.84 Å². The normalized spacial score (nSPS) is 12.2. The Balaban J connectivity index is 2.68. The second kappa shape index (κ2) is 6.28. The van der Waals surface area contributed by atoms with Crippen LogP contribution in [0.5, 0.6) is 5.75 Å². The minimum atomic E-state index is -0.127. The van der Waals surface area contributed by atoms with Crippen molar-refractivity contribution in [2.75, 3.05) is 6.61 Å². The summed E-state index contributed by atoms with van der Waals surface area (Å²) in [5, 5.41) is 8.91. The van der Waals surface area contributed by atoms with Gasteiger partial charge in [-0.25, -0.2) is 0 Å². The fourth-order valence-electron chi connectivity index (χ4n) is 1.61. The highest BCUT2D eigenvalue weighted by atomic mass is 16.5. The fourth-order valence-corrected chi connectivity index (χ4v) is 1.61. The van der Waals surface area contributed by atoms with E-state index >= 15 is 0 Å². The molecule has 0 fully saturated rings. The molecule has 1 atom stereocenters. The van der Waals surface area contributed by atoms with Gasteiger partial charge in [0.25, 0.3) is 0 Å². The van der Waals surface area contributed by atoms with Crippen LogP contribution < -0.4 is 4.74 Å². The predicted molar refractivity (Wildman–Crippen MR) is 62.6 cm³/mol. The number of Topliss-reactive ketones (excluding diaryl/α,β-unsaturated/α-hetero) is 1. The van der Waals surface area contributed by atoms with Gasteiger partial charge in [-0.1, -0.05) is 18.2 Å². The molecule has 3 nitrogen and oxygen atoms in total. The summed E-state index contributed by atoms with van der Waals surface area (Å²) in [6, 6.07) is 7.58. The highest BCUT2D eigenvalue weighted by Crippen LogP contribution is 2.20. The Kier molecular flexibility index (Phi) is 4.99. The lowest BCUT2D eigenvalue weighted by atomic mass is 10.1. The summed E-state index contributed by atoms with van der Waals surface area (Å²) in [6.45, 7) is 3.53. The van der Waals surface area contributed by atoms with Gasteiger partial charge in [0.2, 0.25) is 0 Å². The largest absolute Gasteiger partial charge is 0.490 e. The summed E-state index contributed by atoms with van der Waals surface area (Å²) in [7, 11) is 0. The van der Waals surface area contributed by atoms with E-state index < -0.39 is 0 Å². The average molecular weight is 222 g/mol. The summed E-state index contributed by atoms with van der Waals surface area (Å²) in [5.74, 6) is 0.873. The second-order valence-corrected chi connectivity index (χ2v) is 3.92. The van der Waals surface area contributed by atoms with E-state index in [2.05, 4.69) is 0 Å². The molecule has 0 saturated carbocycles. The zero-order valence-corrected chi connectivity index (χ0v) is 9.77. The number of hydrogen-bond acceptors (Lipinski definition) is 3. The summed E-state index contributed by atoms with van der Waals surface area (Å²) >= 11 is 0. The third-order valence-corrected chi connectivity index (χ3v) is 2.26. The van der Waals surface area contributed by atoms with Crippen LogP contribution in [0.25, 0.3) is 0 Å². The lowest BCUT2D eigenvalue weighted by Crippen LogP contribution is -2.16. The number of para-hydroxylation sites is 1. The minimum absolute atomic E-state index is 0.0987. The molecule has 0 bridgehead atoms. The molecule has 88 valence electrons. The van der Waals surface area contributed by atoms with Gasteiger partial charge in [0.05, 0.1) is 0 Å². The van der Waals surface area contributed by atoms with Gasteiger partial charge in [0.15, 0.2) is 0 Å². The molecule has 1 N–H and O–H groups in total. The molecule has 0 heterocycles. The molecule has 1 rings (SSSR count). The summed E-state index contributed by atoms with van der Waals surface area (Å²) < 4.78 is 5.68. The van der Waals surface area contributed by atoms with Gasteiger partial charge in [-0.05, 0) is 31.9 Å². The summed E-state index contributed by atoms with van der Waals surface area (Å²) in [4.78, 5) is 10.9. The van der Waals surface area contributed by atoms with Gasteiger partial charge in [-0.3, -0.25) is 4.79 Å². The Morgan fingerprint density at radius 2 is 2.12 bits per heavy atom. The lowest BCUT2D eigenvalue weighted by Gasteiger charge is -2.16. The maximum absolute atomic E-state index is 10.9. The van der Waals surface area contributed by atoms with E-state index in [0.717, 1.165) is 11.3 Å². The predicted octanol–water partition coefficient (Wildman–Crippen LogP) is 1.97. The third kappa shape index (κ3) is 4.03. The highest BCUT2D eigenvalue weighted by Gasteiger charge is 2.09. The van der Waals surface area contributed by atoms with Gasteiger partial charge >= 0.3 is 0 Å². The highest BCUT2D eigenvalue weighted by molar-refractivity contribution is 5.75. The van der Waals surface area contributed by atoms with Crippen LogP contribution in [0.3, 0.4) is 0 Å². The van der Waals surface area contributed by atoms with E-state index in [-0.39, 0.29) is 18.5 Å². The van der Waals surface area contributed by atoms with Crippen molar-refractivity contribution in [3.05, 3.63) is 29.8 Å². The molecule has 1 aromatic rings. The van der Waals surface area contributed by atoms with E-state index in [9.17, 15) is 4.79 Å². The Labute approximate surface area is 96.1 Å². The number of benzene rings is 1. The van der Waals surface area contributed by atoms with E-state index in [0.29, 0.717) is 12.8 Å². The monoisotopic (exact) mass is 222 g/mol. The van der Waals surface area contributed by atoms with E-state index in [1.165, 1.54) is 0 Å². The van der Waals surface area contributed by atoms with Crippen molar-refractivity contribution in [2.24, 2.45) is 0 Å². The molecule has 0 spiro atoms. The van der Waals surface area contributed by atoms with Crippen LogP contribution >= 0.6 is 0 Å².